The van der Waals surface area contributed by atoms with Gasteiger partial charge in [0.2, 0.25) is 0 Å². The first-order chi connectivity index (χ1) is 7.95. The molecular weight excluding hydrogens is 222 g/mol. The number of aromatic nitrogens is 2. The first kappa shape index (κ1) is 13.5. The quantitative estimate of drug-likeness (QED) is 0.755. The number of nitrogens with one attached hydrogen (secondary N) is 1. The van der Waals surface area contributed by atoms with Crippen LogP contribution in [0.4, 0.5) is 0 Å². The van der Waals surface area contributed by atoms with Gasteiger partial charge in [0, 0.05) is 13.1 Å². The number of rotatable bonds is 5. The first-order valence-electron chi connectivity index (χ1n) is 5.49. The number of hydrogen-bond donors (Lipinski definition) is 2. The minimum absolute atomic E-state index is 0.0717. The van der Waals surface area contributed by atoms with Gasteiger partial charge in [0.05, 0.1) is 12.3 Å². The summed E-state index contributed by atoms with van der Waals surface area (Å²) >= 11 is 0. The van der Waals surface area contributed by atoms with Crippen molar-refractivity contribution in [1.29, 1.82) is 0 Å². The number of carbonyl (C=O) groups is 1. The van der Waals surface area contributed by atoms with Crippen LogP contribution in [0.1, 0.15) is 18.3 Å². The molecule has 1 heterocycles. The summed E-state index contributed by atoms with van der Waals surface area (Å²) < 4.78 is 7.13. The maximum Gasteiger partial charge on any atom is 0.258 e. The Morgan fingerprint density at radius 2 is 2.24 bits per heavy atom. The molecule has 0 fully saturated rings. The van der Waals surface area contributed by atoms with Gasteiger partial charge >= 0.3 is 0 Å². The second-order valence-corrected chi connectivity index (χ2v) is 4.06. The normalized spacial score (nSPS) is 12.3. The van der Waals surface area contributed by atoms with Crippen molar-refractivity contribution in [2.45, 2.75) is 26.8 Å². The van der Waals surface area contributed by atoms with Gasteiger partial charge in [-0.2, -0.15) is 5.10 Å². The number of aryl methyl sites for hydroxylation is 2. The minimum atomic E-state index is -0.262. The maximum atomic E-state index is 11.4. The Balaban J connectivity index is 2.53. The highest BCUT2D eigenvalue weighted by Crippen LogP contribution is 2.20. The number of carbonyl (C=O) groups excluding carboxylic acids is 1. The number of amides is 1. The van der Waals surface area contributed by atoms with Crippen LogP contribution < -0.4 is 10.1 Å². The third-order valence-electron chi connectivity index (χ3n) is 2.47. The zero-order valence-electron chi connectivity index (χ0n) is 10.6. The van der Waals surface area contributed by atoms with Crippen LogP contribution in [0.3, 0.4) is 0 Å². The van der Waals surface area contributed by atoms with E-state index in [-0.39, 0.29) is 25.2 Å². The van der Waals surface area contributed by atoms with E-state index in [1.807, 2.05) is 20.9 Å². The van der Waals surface area contributed by atoms with E-state index in [2.05, 4.69) is 10.4 Å². The second-order valence-electron chi connectivity index (χ2n) is 4.06. The number of aliphatic hydroxyl groups excluding tert-OH is 1. The van der Waals surface area contributed by atoms with E-state index >= 15 is 0 Å². The molecule has 0 saturated heterocycles. The van der Waals surface area contributed by atoms with Gasteiger partial charge in [0.25, 0.3) is 5.91 Å². The summed E-state index contributed by atoms with van der Waals surface area (Å²) in [5.74, 6) is 0.383. The van der Waals surface area contributed by atoms with Crippen LogP contribution in [0, 0.1) is 13.8 Å². The van der Waals surface area contributed by atoms with Gasteiger partial charge in [-0.1, -0.05) is 0 Å². The van der Waals surface area contributed by atoms with Gasteiger partial charge in [-0.3, -0.25) is 9.48 Å². The van der Waals surface area contributed by atoms with E-state index in [4.69, 9.17) is 9.84 Å². The van der Waals surface area contributed by atoms with Crippen molar-refractivity contribution in [1.82, 2.24) is 15.1 Å². The average molecular weight is 241 g/mol. The Kier molecular flexibility index (Phi) is 4.51. The molecule has 1 rings (SSSR count). The Labute approximate surface area is 101 Å². The summed E-state index contributed by atoms with van der Waals surface area (Å²) in [6, 6.07) is -0.262. The van der Waals surface area contributed by atoms with Crippen LogP contribution in [0.25, 0.3) is 0 Å². The van der Waals surface area contributed by atoms with Gasteiger partial charge in [0.1, 0.15) is 5.69 Å². The summed E-state index contributed by atoms with van der Waals surface area (Å²) in [6.07, 6.45) is 0. The lowest BCUT2D eigenvalue weighted by atomic mass is 10.3. The molecular formula is C11H19N3O3. The Morgan fingerprint density at radius 3 is 2.71 bits per heavy atom. The van der Waals surface area contributed by atoms with Crippen LogP contribution in [-0.4, -0.2) is 40.0 Å². The molecule has 0 aromatic carbocycles. The lowest BCUT2D eigenvalue weighted by molar-refractivity contribution is -0.124. The van der Waals surface area contributed by atoms with Crippen LogP contribution in [0.2, 0.25) is 0 Å². The van der Waals surface area contributed by atoms with Crippen molar-refractivity contribution >= 4 is 5.91 Å². The number of ether oxygens (including phenoxy) is 1. The Morgan fingerprint density at radius 1 is 1.59 bits per heavy atom. The molecule has 0 radical (unpaired) electrons. The molecule has 1 aromatic heterocycles. The summed E-state index contributed by atoms with van der Waals surface area (Å²) in [5.41, 5.74) is 1.64. The molecule has 0 bridgehead atoms. The molecule has 0 saturated carbocycles. The van der Waals surface area contributed by atoms with Crippen molar-refractivity contribution < 1.29 is 14.6 Å². The third kappa shape index (κ3) is 3.45. The SMILES string of the molecule is Cc1nn(C)c(C)c1OCC(=O)NC(C)CO. The van der Waals surface area contributed by atoms with E-state index < -0.39 is 0 Å². The van der Waals surface area contributed by atoms with Gasteiger partial charge in [0.15, 0.2) is 12.4 Å². The van der Waals surface area contributed by atoms with Gasteiger partial charge in [-0.15, -0.1) is 0 Å². The fourth-order valence-electron chi connectivity index (χ4n) is 1.46. The van der Waals surface area contributed by atoms with Crippen LogP contribution in [0.5, 0.6) is 5.75 Å². The molecule has 6 heteroatoms. The molecule has 96 valence electrons. The largest absolute Gasteiger partial charge is 0.480 e. The van der Waals surface area contributed by atoms with Crippen LogP contribution in [-0.2, 0) is 11.8 Å². The smallest absolute Gasteiger partial charge is 0.258 e. The highest BCUT2D eigenvalue weighted by molar-refractivity contribution is 5.77. The van der Waals surface area contributed by atoms with Crippen molar-refractivity contribution in [2.24, 2.45) is 7.05 Å². The molecule has 2 N–H and O–H groups in total. The highest BCUT2D eigenvalue weighted by atomic mass is 16.5. The van der Waals surface area contributed by atoms with E-state index in [9.17, 15) is 4.79 Å². The first-order valence-corrected chi connectivity index (χ1v) is 5.49. The fraction of sp³-hybridized carbons (Fsp3) is 0.636. The van der Waals surface area contributed by atoms with Gasteiger partial charge in [-0.25, -0.2) is 0 Å². The summed E-state index contributed by atoms with van der Waals surface area (Å²) in [6.45, 7) is 5.27. The summed E-state index contributed by atoms with van der Waals surface area (Å²) in [7, 11) is 1.82. The predicted molar refractivity (Wildman–Crippen MR) is 62.9 cm³/mol. The summed E-state index contributed by atoms with van der Waals surface area (Å²) in [5, 5.41) is 15.6. The number of aliphatic hydroxyl groups is 1. The lowest BCUT2D eigenvalue weighted by Crippen LogP contribution is -2.38. The lowest BCUT2D eigenvalue weighted by Gasteiger charge is -2.11. The van der Waals surface area contributed by atoms with E-state index in [1.54, 1.807) is 11.6 Å². The number of nitrogens with zero attached hydrogens (tertiary/aromatic N) is 2. The number of hydrogen-bond acceptors (Lipinski definition) is 4. The Bertz CT molecular complexity index is 401. The van der Waals surface area contributed by atoms with Crippen molar-refractivity contribution in [3.63, 3.8) is 0 Å². The average Bonchev–Trinajstić information content (AvgIpc) is 2.51. The van der Waals surface area contributed by atoms with Crippen LogP contribution in [0.15, 0.2) is 0 Å². The molecule has 0 aliphatic heterocycles. The van der Waals surface area contributed by atoms with E-state index in [0.717, 1.165) is 11.4 Å². The molecule has 0 aliphatic rings. The van der Waals surface area contributed by atoms with E-state index in [1.165, 1.54) is 0 Å². The molecule has 6 nitrogen and oxygen atoms in total. The molecule has 1 atom stereocenters. The van der Waals surface area contributed by atoms with E-state index in [0.29, 0.717) is 5.75 Å². The fourth-order valence-corrected chi connectivity index (χ4v) is 1.46. The topological polar surface area (TPSA) is 76.4 Å². The molecule has 1 unspecified atom stereocenters. The molecule has 1 aromatic rings. The molecule has 17 heavy (non-hydrogen) atoms. The highest BCUT2D eigenvalue weighted by Gasteiger charge is 2.13. The molecule has 0 spiro atoms. The zero-order valence-corrected chi connectivity index (χ0v) is 10.6. The van der Waals surface area contributed by atoms with Crippen molar-refractivity contribution in [2.75, 3.05) is 13.2 Å². The monoisotopic (exact) mass is 241 g/mol. The summed E-state index contributed by atoms with van der Waals surface area (Å²) in [4.78, 5) is 11.4. The standard InChI is InChI=1S/C11H19N3O3/c1-7(5-15)12-10(16)6-17-11-8(2)13-14(4)9(11)3/h7,15H,5-6H2,1-4H3,(H,12,16). The second kappa shape index (κ2) is 5.67. The zero-order chi connectivity index (χ0) is 13.0. The predicted octanol–water partition coefficient (Wildman–Crippen LogP) is -0.0873. The molecule has 0 aliphatic carbocycles. The molecule has 1 amide bonds. The van der Waals surface area contributed by atoms with Gasteiger partial charge in [-0.05, 0) is 20.8 Å². The van der Waals surface area contributed by atoms with Crippen LogP contribution >= 0.6 is 0 Å². The maximum absolute atomic E-state index is 11.4. The third-order valence-corrected chi connectivity index (χ3v) is 2.47. The Hall–Kier alpha value is -1.56. The van der Waals surface area contributed by atoms with Crippen molar-refractivity contribution in [3.05, 3.63) is 11.4 Å². The van der Waals surface area contributed by atoms with Gasteiger partial charge < -0.3 is 15.2 Å². The van der Waals surface area contributed by atoms with Crippen molar-refractivity contribution in [3.8, 4) is 5.75 Å². The minimum Gasteiger partial charge on any atom is -0.480 e.